The minimum Gasteiger partial charge on any atom is -0.454 e. The average molecular weight is 414 g/mol. The number of amides is 1. The molecule has 0 spiro atoms. The molecule has 0 radical (unpaired) electrons. The van der Waals surface area contributed by atoms with E-state index in [-0.39, 0.29) is 25.4 Å². The summed E-state index contributed by atoms with van der Waals surface area (Å²) in [7, 11) is 0. The molecular weight excluding hydrogens is 398 g/mol. The Morgan fingerprint density at radius 2 is 1.93 bits per heavy atom. The molecule has 29 heavy (non-hydrogen) atoms. The zero-order valence-corrected chi connectivity index (χ0v) is 15.9. The Balaban J connectivity index is 1.56. The summed E-state index contributed by atoms with van der Waals surface area (Å²) in [6.45, 7) is 0.260. The van der Waals surface area contributed by atoms with Gasteiger partial charge in [-0.05, 0) is 29.3 Å². The molecule has 8 nitrogen and oxygen atoms in total. The van der Waals surface area contributed by atoms with Gasteiger partial charge in [0, 0.05) is 17.8 Å². The monoisotopic (exact) mass is 413 g/mol. The van der Waals surface area contributed by atoms with E-state index in [4.69, 9.17) is 21.1 Å². The first kappa shape index (κ1) is 18.8. The minimum atomic E-state index is -0.692. The fourth-order valence-electron chi connectivity index (χ4n) is 2.95. The third kappa shape index (κ3) is 3.88. The molecule has 9 heteroatoms. The van der Waals surface area contributed by atoms with Crippen LogP contribution < -0.4 is 26.0 Å². The highest BCUT2D eigenvalue weighted by atomic mass is 35.5. The second-order valence-electron chi connectivity index (χ2n) is 6.36. The number of hydrogen-bond donors (Lipinski definition) is 2. The Morgan fingerprint density at radius 1 is 1.14 bits per heavy atom. The van der Waals surface area contributed by atoms with E-state index >= 15 is 0 Å². The van der Waals surface area contributed by atoms with Crippen LogP contribution in [0.1, 0.15) is 21.5 Å². The van der Waals surface area contributed by atoms with Gasteiger partial charge >= 0.3 is 5.69 Å². The molecule has 1 aromatic heterocycles. The molecule has 0 saturated carbocycles. The van der Waals surface area contributed by atoms with Crippen LogP contribution in [0.4, 0.5) is 0 Å². The first-order valence-electron chi connectivity index (χ1n) is 8.75. The van der Waals surface area contributed by atoms with Gasteiger partial charge in [-0.15, -0.1) is 0 Å². The van der Waals surface area contributed by atoms with Gasteiger partial charge in [0.1, 0.15) is 5.56 Å². The van der Waals surface area contributed by atoms with Crippen molar-refractivity contribution in [2.45, 2.75) is 13.1 Å². The van der Waals surface area contributed by atoms with Crippen LogP contribution in [0.25, 0.3) is 0 Å². The van der Waals surface area contributed by atoms with Crippen LogP contribution >= 0.6 is 11.6 Å². The zero-order chi connectivity index (χ0) is 20.4. The maximum atomic E-state index is 12.7. The van der Waals surface area contributed by atoms with Crippen molar-refractivity contribution in [2.24, 2.45) is 0 Å². The molecule has 3 aromatic rings. The van der Waals surface area contributed by atoms with Crippen LogP contribution in [-0.2, 0) is 13.1 Å². The Kier molecular flexibility index (Phi) is 5.09. The Bertz CT molecular complexity index is 1200. The predicted molar refractivity (Wildman–Crippen MR) is 106 cm³/mol. The number of benzene rings is 2. The van der Waals surface area contributed by atoms with E-state index in [0.717, 1.165) is 10.8 Å². The third-order valence-electron chi connectivity index (χ3n) is 4.48. The molecule has 0 atom stereocenters. The maximum Gasteiger partial charge on any atom is 0.328 e. The topological polar surface area (TPSA) is 102 Å². The number of rotatable bonds is 5. The fourth-order valence-corrected chi connectivity index (χ4v) is 3.15. The summed E-state index contributed by atoms with van der Waals surface area (Å²) in [4.78, 5) is 39.9. The Morgan fingerprint density at radius 3 is 2.76 bits per heavy atom. The Hall–Kier alpha value is -3.52. The number of ether oxygens (including phenoxy) is 2. The lowest BCUT2D eigenvalue weighted by molar-refractivity contribution is 0.0948. The Labute approximate surface area is 169 Å². The van der Waals surface area contributed by atoms with E-state index in [0.29, 0.717) is 27.6 Å². The van der Waals surface area contributed by atoms with Crippen LogP contribution in [0.3, 0.4) is 0 Å². The van der Waals surface area contributed by atoms with Gasteiger partial charge in [-0.1, -0.05) is 35.9 Å². The van der Waals surface area contributed by atoms with Gasteiger partial charge in [0.2, 0.25) is 6.79 Å². The number of carbonyl (C=O) groups is 1. The van der Waals surface area contributed by atoms with Crippen molar-refractivity contribution in [3.63, 3.8) is 0 Å². The first-order valence-corrected chi connectivity index (χ1v) is 9.13. The summed E-state index contributed by atoms with van der Waals surface area (Å²) < 4.78 is 11.5. The quantitative estimate of drug-likeness (QED) is 0.665. The third-order valence-corrected chi connectivity index (χ3v) is 4.85. The van der Waals surface area contributed by atoms with Crippen LogP contribution in [0, 0.1) is 0 Å². The number of aromatic nitrogens is 2. The van der Waals surface area contributed by atoms with Crippen molar-refractivity contribution in [2.75, 3.05) is 6.79 Å². The summed E-state index contributed by atoms with van der Waals surface area (Å²) in [6.07, 6.45) is 1.11. The largest absolute Gasteiger partial charge is 0.454 e. The molecule has 0 fully saturated rings. The summed E-state index contributed by atoms with van der Waals surface area (Å²) in [5.41, 5.74) is -0.0982. The predicted octanol–water partition coefficient (Wildman–Crippen LogP) is 1.90. The van der Waals surface area contributed by atoms with E-state index in [1.54, 1.807) is 42.5 Å². The second kappa shape index (κ2) is 7.84. The number of halogens is 1. The fraction of sp³-hybridized carbons (Fsp3) is 0.150. The number of nitrogens with one attached hydrogen (secondary N) is 2. The van der Waals surface area contributed by atoms with E-state index in [1.165, 1.54) is 0 Å². The van der Waals surface area contributed by atoms with Gasteiger partial charge in [-0.2, -0.15) is 0 Å². The zero-order valence-electron chi connectivity index (χ0n) is 15.1. The van der Waals surface area contributed by atoms with Crippen molar-refractivity contribution in [1.82, 2.24) is 14.9 Å². The molecule has 1 aliphatic heterocycles. The number of nitrogens with zero attached hydrogens (tertiary/aromatic N) is 1. The second-order valence-corrected chi connectivity index (χ2v) is 6.77. The molecule has 1 amide bonds. The molecule has 0 saturated heterocycles. The SMILES string of the molecule is O=C(NCc1ccccc1Cl)c1c[nH]c(=O)n(Cc2ccc3c(c2)OCO3)c1=O. The molecule has 2 aromatic carbocycles. The van der Waals surface area contributed by atoms with Gasteiger partial charge < -0.3 is 19.8 Å². The molecule has 2 N–H and O–H groups in total. The summed E-state index contributed by atoms with van der Waals surface area (Å²) >= 11 is 6.08. The highest BCUT2D eigenvalue weighted by molar-refractivity contribution is 6.31. The smallest absolute Gasteiger partial charge is 0.328 e. The van der Waals surface area contributed by atoms with Crippen molar-refractivity contribution in [3.05, 3.63) is 91.2 Å². The normalized spacial score (nSPS) is 12.0. The van der Waals surface area contributed by atoms with Gasteiger partial charge in [0.25, 0.3) is 11.5 Å². The van der Waals surface area contributed by atoms with Crippen molar-refractivity contribution in [1.29, 1.82) is 0 Å². The number of carbonyl (C=O) groups excluding carboxylic acids is 1. The lowest BCUT2D eigenvalue weighted by Gasteiger charge is -2.09. The number of H-pyrrole nitrogens is 1. The van der Waals surface area contributed by atoms with Gasteiger partial charge in [-0.25, -0.2) is 4.79 Å². The van der Waals surface area contributed by atoms with E-state index in [2.05, 4.69) is 10.3 Å². The lowest BCUT2D eigenvalue weighted by atomic mass is 10.2. The average Bonchev–Trinajstić information content (AvgIpc) is 3.18. The van der Waals surface area contributed by atoms with Crippen molar-refractivity contribution >= 4 is 17.5 Å². The summed E-state index contributed by atoms with van der Waals surface area (Å²) in [5, 5.41) is 3.15. The summed E-state index contributed by atoms with van der Waals surface area (Å²) in [5.74, 6) is 0.536. The molecular formula is C20H16ClN3O5. The van der Waals surface area contributed by atoms with Gasteiger partial charge in [0.05, 0.1) is 6.54 Å². The van der Waals surface area contributed by atoms with Gasteiger partial charge in [-0.3, -0.25) is 14.2 Å². The van der Waals surface area contributed by atoms with E-state index in [9.17, 15) is 14.4 Å². The van der Waals surface area contributed by atoms with Crippen LogP contribution in [0.2, 0.25) is 5.02 Å². The molecule has 0 unspecified atom stereocenters. The molecule has 4 rings (SSSR count). The highest BCUT2D eigenvalue weighted by Gasteiger charge is 2.17. The number of fused-ring (bicyclic) bond motifs is 1. The highest BCUT2D eigenvalue weighted by Crippen LogP contribution is 2.32. The first-order chi connectivity index (χ1) is 14.0. The number of aromatic amines is 1. The van der Waals surface area contributed by atoms with Crippen molar-refractivity contribution in [3.8, 4) is 11.5 Å². The molecule has 2 heterocycles. The van der Waals surface area contributed by atoms with Gasteiger partial charge in [0.15, 0.2) is 11.5 Å². The molecule has 0 bridgehead atoms. The molecule has 0 aliphatic carbocycles. The van der Waals surface area contributed by atoms with E-state index < -0.39 is 17.2 Å². The van der Waals surface area contributed by atoms with Crippen LogP contribution in [0.5, 0.6) is 11.5 Å². The minimum absolute atomic E-state index is 0.0174. The number of hydrogen-bond acceptors (Lipinski definition) is 5. The van der Waals surface area contributed by atoms with Crippen molar-refractivity contribution < 1.29 is 14.3 Å². The summed E-state index contributed by atoms with van der Waals surface area (Å²) in [6, 6.07) is 12.2. The van der Waals surface area contributed by atoms with Crippen LogP contribution in [0.15, 0.2) is 58.3 Å². The standard InChI is InChI=1S/C20H16ClN3O5/c21-15-4-2-1-3-13(15)8-22-18(25)14-9-23-20(27)24(19(14)26)10-12-5-6-16-17(7-12)29-11-28-16/h1-7,9H,8,10-11H2,(H,22,25)(H,23,27). The molecule has 148 valence electrons. The lowest BCUT2D eigenvalue weighted by Crippen LogP contribution is -2.40. The molecule has 1 aliphatic rings. The van der Waals surface area contributed by atoms with Crippen LogP contribution in [-0.4, -0.2) is 22.3 Å². The van der Waals surface area contributed by atoms with E-state index in [1.807, 2.05) is 0 Å². The maximum absolute atomic E-state index is 12.7.